The van der Waals surface area contributed by atoms with Crippen LogP contribution in [0, 0.1) is 17.1 Å². The molecule has 3 heterocycles. The van der Waals surface area contributed by atoms with E-state index in [0.29, 0.717) is 23.2 Å². The van der Waals surface area contributed by atoms with Gasteiger partial charge in [0, 0.05) is 36.7 Å². The fraction of sp³-hybridized carbons (Fsp3) is 0.208. The fourth-order valence-corrected chi connectivity index (χ4v) is 4.52. The number of imide groups is 1. The van der Waals surface area contributed by atoms with Crippen molar-refractivity contribution in [3.8, 4) is 28.5 Å². The number of hydrogen-bond acceptors (Lipinski definition) is 5. The second-order valence-electron chi connectivity index (χ2n) is 8.14. The molecule has 2 aromatic carbocycles. The van der Waals surface area contributed by atoms with Gasteiger partial charge in [0.05, 0.1) is 23.5 Å². The normalized spacial score (nSPS) is 17.7. The van der Waals surface area contributed by atoms with Gasteiger partial charge < -0.3 is 4.90 Å². The number of amides is 3. The highest BCUT2D eigenvalue weighted by Crippen LogP contribution is 2.36. The molecule has 0 radical (unpaired) electrons. The Labute approximate surface area is 188 Å². The molecule has 2 aliphatic heterocycles. The van der Waals surface area contributed by atoms with Gasteiger partial charge in [-0.15, -0.1) is 0 Å². The van der Waals surface area contributed by atoms with Crippen molar-refractivity contribution in [3.05, 3.63) is 65.1 Å². The first kappa shape index (κ1) is 20.6. The smallest absolute Gasteiger partial charge is 0.255 e. The van der Waals surface area contributed by atoms with Gasteiger partial charge in [-0.1, -0.05) is 6.07 Å². The van der Waals surface area contributed by atoms with E-state index in [1.165, 1.54) is 17.0 Å². The quantitative estimate of drug-likeness (QED) is 0.626. The number of nitrogens with zero attached hydrogens (tertiary/aromatic N) is 4. The molecule has 164 valence electrons. The highest BCUT2D eigenvalue weighted by atomic mass is 19.1. The summed E-state index contributed by atoms with van der Waals surface area (Å²) >= 11 is 0. The van der Waals surface area contributed by atoms with Crippen LogP contribution in [0.1, 0.15) is 34.3 Å². The average molecular weight is 443 g/mol. The van der Waals surface area contributed by atoms with Crippen LogP contribution in [0.2, 0.25) is 0 Å². The number of halogens is 1. The molecule has 9 heteroatoms. The summed E-state index contributed by atoms with van der Waals surface area (Å²) in [4.78, 5) is 38.2. The van der Waals surface area contributed by atoms with Crippen LogP contribution < -0.4 is 5.32 Å². The predicted molar refractivity (Wildman–Crippen MR) is 115 cm³/mol. The molecule has 1 fully saturated rings. The van der Waals surface area contributed by atoms with Crippen molar-refractivity contribution < 1.29 is 18.8 Å². The number of carbonyl (C=O) groups is 3. The second kappa shape index (κ2) is 7.67. The molecule has 0 aliphatic carbocycles. The van der Waals surface area contributed by atoms with Gasteiger partial charge in [-0.2, -0.15) is 10.4 Å². The average Bonchev–Trinajstić information content (AvgIpc) is 3.33. The SMILES string of the molecule is Cn1ncc(-c2ccc3c(c2)CN(C2CCC(=O)NC2=O)C3=O)c1-c1cc(F)cc(C#N)c1. The van der Waals surface area contributed by atoms with Gasteiger partial charge in [0.15, 0.2) is 0 Å². The molecule has 0 bridgehead atoms. The van der Waals surface area contributed by atoms with Gasteiger partial charge in [-0.25, -0.2) is 4.39 Å². The first-order valence-electron chi connectivity index (χ1n) is 10.4. The summed E-state index contributed by atoms with van der Waals surface area (Å²) in [7, 11) is 1.73. The van der Waals surface area contributed by atoms with Crippen LogP contribution in [0.25, 0.3) is 22.4 Å². The fourth-order valence-electron chi connectivity index (χ4n) is 4.52. The predicted octanol–water partition coefficient (Wildman–Crippen LogP) is 2.53. The van der Waals surface area contributed by atoms with Crippen molar-refractivity contribution >= 4 is 17.7 Å². The van der Waals surface area contributed by atoms with Crippen molar-refractivity contribution in [2.24, 2.45) is 7.05 Å². The third-order valence-corrected chi connectivity index (χ3v) is 6.07. The number of hydrogen-bond donors (Lipinski definition) is 1. The summed E-state index contributed by atoms with van der Waals surface area (Å²) in [5, 5.41) is 15.8. The van der Waals surface area contributed by atoms with Gasteiger partial charge >= 0.3 is 0 Å². The van der Waals surface area contributed by atoms with E-state index in [4.69, 9.17) is 0 Å². The van der Waals surface area contributed by atoms with Crippen LogP contribution in [-0.4, -0.2) is 38.4 Å². The van der Waals surface area contributed by atoms with Crippen molar-refractivity contribution in [1.82, 2.24) is 20.0 Å². The summed E-state index contributed by atoms with van der Waals surface area (Å²) < 4.78 is 15.7. The first-order chi connectivity index (χ1) is 15.9. The summed E-state index contributed by atoms with van der Waals surface area (Å²) in [5.41, 5.74) is 4.12. The molecule has 0 saturated carbocycles. The molecular weight excluding hydrogens is 425 g/mol. The molecule has 1 unspecified atom stereocenters. The lowest BCUT2D eigenvalue weighted by molar-refractivity contribution is -0.136. The molecular formula is C24H18FN5O3. The zero-order valence-electron chi connectivity index (χ0n) is 17.6. The van der Waals surface area contributed by atoms with Crippen LogP contribution in [0.15, 0.2) is 42.6 Å². The summed E-state index contributed by atoms with van der Waals surface area (Å²) in [6.07, 6.45) is 2.15. The number of aryl methyl sites for hydroxylation is 1. The number of rotatable bonds is 3. The van der Waals surface area contributed by atoms with Gasteiger partial charge in [0.2, 0.25) is 11.8 Å². The summed E-state index contributed by atoms with van der Waals surface area (Å²) in [5.74, 6) is -1.55. The van der Waals surface area contributed by atoms with E-state index in [2.05, 4.69) is 10.4 Å². The van der Waals surface area contributed by atoms with Crippen LogP contribution in [0.3, 0.4) is 0 Å². The van der Waals surface area contributed by atoms with Gasteiger partial charge in [-0.3, -0.25) is 24.4 Å². The maximum atomic E-state index is 14.1. The van der Waals surface area contributed by atoms with Crippen LogP contribution in [0.4, 0.5) is 4.39 Å². The number of carbonyl (C=O) groups excluding carboxylic acids is 3. The Morgan fingerprint density at radius 1 is 1.12 bits per heavy atom. The molecule has 5 rings (SSSR count). The highest BCUT2D eigenvalue weighted by Gasteiger charge is 2.39. The summed E-state index contributed by atoms with van der Waals surface area (Å²) in [6.45, 7) is 0.252. The Morgan fingerprint density at radius 3 is 2.70 bits per heavy atom. The Balaban J connectivity index is 1.51. The molecule has 0 spiro atoms. The van der Waals surface area contributed by atoms with Gasteiger partial charge in [-0.05, 0) is 47.9 Å². The lowest BCUT2D eigenvalue weighted by Gasteiger charge is -2.29. The zero-order valence-corrected chi connectivity index (χ0v) is 17.6. The van der Waals surface area contributed by atoms with E-state index in [0.717, 1.165) is 16.7 Å². The van der Waals surface area contributed by atoms with E-state index >= 15 is 0 Å². The van der Waals surface area contributed by atoms with E-state index in [-0.39, 0.29) is 30.3 Å². The van der Waals surface area contributed by atoms with E-state index in [1.807, 2.05) is 12.1 Å². The highest BCUT2D eigenvalue weighted by molar-refractivity contribution is 6.05. The lowest BCUT2D eigenvalue weighted by Crippen LogP contribution is -2.52. The molecule has 1 N–H and O–H groups in total. The Morgan fingerprint density at radius 2 is 1.94 bits per heavy atom. The molecule has 3 amide bonds. The van der Waals surface area contributed by atoms with E-state index in [1.54, 1.807) is 36.1 Å². The molecule has 1 atom stereocenters. The zero-order chi connectivity index (χ0) is 23.3. The molecule has 33 heavy (non-hydrogen) atoms. The van der Waals surface area contributed by atoms with Gasteiger partial charge in [0.25, 0.3) is 5.91 Å². The standard InChI is InChI=1S/C24H18FN5O3/c1-29-22(15-6-13(10-26)7-17(25)9-15)19(11-27-29)14-2-3-18-16(8-14)12-30(24(18)33)20-4-5-21(31)28-23(20)32/h2-3,6-9,11,20H,4-5,12H2,1H3,(H,28,31,32). The van der Waals surface area contributed by atoms with Crippen LogP contribution in [-0.2, 0) is 23.2 Å². The van der Waals surface area contributed by atoms with Crippen molar-refractivity contribution in [1.29, 1.82) is 5.26 Å². The minimum atomic E-state index is -0.684. The lowest BCUT2D eigenvalue weighted by atomic mass is 9.97. The Bertz CT molecular complexity index is 1390. The maximum absolute atomic E-state index is 14.1. The number of nitriles is 1. The minimum Gasteiger partial charge on any atom is -0.322 e. The Hall–Kier alpha value is -4.32. The molecule has 1 aromatic heterocycles. The molecule has 3 aromatic rings. The number of fused-ring (bicyclic) bond motifs is 1. The number of nitrogens with one attached hydrogen (secondary N) is 1. The van der Waals surface area contributed by atoms with Crippen molar-refractivity contribution in [3.63, 3.8) is 0 Å². The third kappa shape index (κ3) is 3.46. The number of piperidine rings is 1. The number of benzene rings is 2. The van der Waals surface area contributed by atoms with Crippen molar-refractivity contribution in [2.75, 3.05) is 0 Å². The minimum absolute atomic E-state index is 0.194. The molecule has 2 aliphatic rings. The maximum Gasteiger partial charge on any atom is 0.255 e. The third-order valence-electron chi connectivity index (χ3n) is 6.07. The largest absolute Gasteiger partial charge is 0.322 e. The monoisotopic (exact) mass is 443 g/mol. The molecule has 8 nitrogen and oxygen atoms in total. The molecule has 1 saturated heterocycles. The topological polar surface area (TPSA) is 108 Å². The summed E-state index contributed by atoms with van der Waals surface area (Å²) in [6, 6.07) is 10.8. The van der Waals surface area contributed by atoms with Crippen LogP contribution in [0.5, 0.6) is 0 Å². The number of aromatic nitrogens is 2. The van der Waals surface area contributed by atoms with Crippen LogP contribution >= 0.6 is 0 Å². The van der Waals surface area contributed by atoms with E-state index in [9.17, 15) is 24.0 Å². The van der Waals surface area contributed by atoms with E-state index < -0.39 is 17.8 Å². The first-order valence-corrected chi connectivity index (χ1v) is 10.4. The van der Waals surface area contributed by atoms with Gasteiger partial charge in [0.1, 0.15) is 11.9 Å². The van der Waals surface area contributed by atoms with Crippen molar-refractivity contribution in [2.45, 2.75) is 25.4 Å². The Kier molecular flexibility index (Phi) is 4.78. The second-order valence-corrected chi connectivity index (χ2v) is 8.14.